The van der Waals surface area contributed by atoms with Crippen LogP contribution < -0.4 is 10.6 Å². The van der Waals surface area contributed by atoms with Crippen molar-refractivity contribution in [2.45, 2.75) is 20.0 Å². The van der Waals surface area contributed by atoms with Gasteiger partial charge in [-0.1, -0.05) is 18.2 Å². The molecule has 2 amide bonds. The minimum atomic E-state index is -0.191. The number of aromatic nitrogens is 3. The molecule has 2 N–H and O–H groups in total. The van der Waals surface area contributed by atoms with Gasteiger partial charge in [0.1, 0.15) is 0 Å². The second kappa shape index (κ2) is 8.06. The molecule has 7 nitrogen and oxygen atoms in total. The van der Waals surface area contributed by atoms with Gasteiger partial charge >= 0.3 is 0 Å². The predicted molar refractivity (Wildman–Crippen MR) is 96.5 cm³/mol. The topological polar surface area (TPSA) is 88.9 Å². The van der Waals surface area contributed by atoms with Gasteiger partial charge in [-0.3, -0.25) is 14.6 Å². The van der Waals surface area contributed by atoms with Gasteiger partial charge in [0.25, 0.3) is 5.91 Å². The Bertz CT molecular complexity index is 905. The fourth-order valence-corrected chi connectivity index (χ4v) is 2.46. The first-order valence-corrected chi connectivity index (χ1v) is 8.18. The Morgan fingerprint density at radius 3 is 2.50 bits per heavy atom. The Morgan fingerprint density at radius 1 is 0.962 bits per heavy atom. The van der Waals surface area contributed by atoms with Crippen LogP contribution in [-0.2, 0) is 17.9 Å². The van der Waals surface area contributed by atoms with E-state index < -0.39 is 0 Å². The summed E-state index contributed by atoms with van der Waals surface area (Å²) in [5, 5.41) is 5.58. The third-order valence-electron chi connectivity index (χ3n) is 3.74. The van der Waals surface area contributed by atoms with Crippen LogP contribution in [0.3, 0.4) is 0 Å². The fourth-order valence-electron chi connectivity index (χ4n) is 2.46. The molecule has 3 aromatic rings. The monoisotopic (exact) mass is 349 g/mol. The molecule has 0 bridgehead atoms. The molecule has 0 fully saturated rings. The zero-order chi connectivity index (χ0) is 18.4. The van der Waals surface area contributed by atoms with E-state index in [-0.39, 0.29) is 11.8 Å². The molecule has 7 heteroatoms. The van der Waals surface area contributed by atoms with Crippen LogP contribution in [0.25, 0.3) is 5.69 Å². The van der Waals surface area contributed by atoms with Gasteiger partial charge in [0.05, 0.1) is 42.1 Å². The summed E-state index contributed by atoms with van der Waals surface area (Å²) >= 11 is 0. The van der Waals surface area contributed by atoms with Crippen LogP contribution in [-0.4, -0.2) is 26.3 Å². The lowest BCUT2D eigenvalue weighted by Crippen LogP contribution is -2.24. The third kappa shape index (κ3) is 4.32. The maximum absolute atomic E-state index is 12.6. The molecule has 0 aliphatic carbocycles. The van der Waals surface area contributed by atoms with Gasteiger partial charge in [-0.2, -0.15) is 0 Å². The Kier molecular flexibility index (Phi) is 5.38. The highest BCUT2D eigenvalue weighted by atomic mass is 16.2. The van der Waals surface area contributed by atoms with E-state index in [1.807, 2.05) is 36.4 Å². The number of carbonyl (C=O) groups is 2. The van der Waals surface area contributed by atoms with Crippen molar-refractivity contribution in [2.24, 2.45) is 0 Å². The number of pyridine rings is 1. The van der Waals surface area contributed by atoms with Crippen LogP contribution >= 0.6 is 0 Å². The van der Waals surface area contributed by atoms with Gasteiger partial charge in [0, 0.05) is 19.3 Å². The highest BCUT2D eigenvalue weighted by Gasteiger charge is 2.13. The second-order valence-electron chi connectivity index (χ2n) is 5.70. The van der Waals surface area contributed by atoms with Crippen molar-refractivity contribution in [2.75, 3.05) is 0 Å². The summed E-state index contributed by atoms with van der Waals surface area (Å²) in [7, 11) is 0. The minimum absolute atomic E-state index is 0.117. The number of carbonyl (C=O) groups excluding carboxylic acids is 2. The molecule has 0 unspecified atom stereocenters. The van der Waals surface area contributed by atoms with E-state index in [0.29, 0.717) is 30.0 Å². The lowest BCUT2D eigenvalue weighted by Gasteiger charge is -2.10. The van der Waals surface area contributed by atoms with Crippen LogP contribution in [0.2, 0.25) is 0 Å². The highest BCUT2D eigenvalue weighted by molar-refractivity contribution is 5.97. The third-order valence-corrected chi connectivity index (χ3v) is 3.74. The van der Waals surface area contributed by atoms with Crippen LogP contribution in [0.1, 0.15) is 28.7 Å². The molecule has 2 aromatic heterocycles. The van der Waals surface area contributed by atoms with Crippen molar-refractivity contribution >= 4 is 11.8 Å². The number of imidazole rings is 1. The summed E-state index contributed by atoms with van der Waals surface area (Å²) < 4.78 is 1.77. The van der Waals surface area contributed by atoms with Gasteiger partial charge in [0.2, 0.25) is 5.91 Å². The van der Waals surface area contributed by atoms with Gasteiger partial charge in [-0.25, -0.2) is 4.98 Å². The molecule has 132 valence electrons. The largest absolute Gasteiger partial charge is 0.351 e. The van der Waals surface area contributed by atoms with E-state index in [9.17, 15) is 9.59 Å². The molecular weight excluding hydrogens is 330 g/mol. The molecule has 2 heterocycles. The molecule has 26 heavy (non-hydrogen) atoms. The maximum Gasteiger partial charge on any atom is 0.253 e. The molecule has 0 saturated heterocycles. The first-order chi connectivity index (χ1) is 12.6. The number of amides is 2. The Morgan fingerprint density at radius 2 is 1.73 bits per heavy atom. The van der Waals surface area contributed by atoms with Gasteiger partial charge in [0.15, 0.2) is 0 Å². The number of benzene rings is 1. The van der Waals surface area contributed by atoms with Crippen molar-refractivity contribution in [1.82, 2.24) is 25.2 Å². The van der Waals surface area contributed by atoms with Gasteiger partial charge < -0.3 is 15.2 Å². The van der Waals surface area contributed by atoms with Crippen molar-refractivity contribution in [1.29, 1.82) is 0 Å². The zero-order valence-electron chi connectivity index (χ0n) is 14.3. The SMILES string of the molecule is CC(=O)NCc1cn(-c2ccccc2C(=O)NCc2ccccn2)cn1. The van der Waals surface area contributed by atoms with E-state index in [0.717, 1.165) is 5.69 Å². The van der Waals surface area contributed by atoms with Crippen LogP contribution in [0.4, 0.5) is 0 Å². The number of para-hydroxylation sites is 1. The molecule has 0 radical (unpaired) electrons. The average molecular weight is 349 g/mol. The number of nitrogens with zero attached hydrogens (tertiary/aromatic N) is 3. The Balaban J connectivity index is 1.75. The lowest BCUT2D eigenvalue weighted by atomic mass is 10.1. The Hall–Kier alpha value is -3.48. The maximum atomic E-state index is 12.6. The number of hydrogen-bond donors (Lipinski definition) is 2. The number of hydrogen-bond acceptors (Lipinski definition) is 4. The molecule has 1 aromatic carbocycles. The molecular formula is C19H19N5O2. The van der Waals surface area contributed by atoms with Crippen molar-refractivity contribution in [3.8, 4) is 5.69 Å². The molecule has 0 atom stereocenters. The minimum Gasteiger partial charge on any atom is -0.351 e. The zero-order valence-corrected chi connectivity index (χ0v) is 14.3. The first kappa shape index (κ1) is 17.3. The smallest absolute Gasteiger partial charge is 0.253 e. The summed E-state index contributed by atoms with van der Waals surface area (Å²) in [5.74, 6) is -0.308. The van der Waals surface area contributed by atoms with Gasteiger partial charge in [-0.15, -0.1) is 0 Å². The van der Waals surface area contributed by atoms with Crippen molar-refractivity contribution < 1.29 is 9.59 Å². The van der Waals surface area contributed by atoms with E-state index in [1.54, 1.807) is 29.4 Å². The lowest BCUT2D eigenvalue weighted by molar-refractivity contribution is -0.119. The molecule has 0 spiro atoms. The summed E-state index contributed by atoms with van der Waals surface area (Å²) in [4.78, 5) is 32.1. The number of nitrogens with one attached hydrogen (secondary N) is 2. The molecule has 0 aliphatic heterocycles. The first-order valence-electron chi connectivity index (χ1n) is 8.18. The summed E-state index contributed by atoms with van der Waals surface area (Å²) in [6, 6.07) is 12.8. The van der Waals surface area contributed by atoms with Crippen molar-refractivity contribution in [3.63, 3.8) is 0 Å². The van der Waals surface area contributed by atoms with E-state index in [2.05, 4.69) is 20.6 Å². The van der Waals surface area contributed by atoms with E-state index >= 15 is 0 Å². The van der Waals surface area contributed by atoms with E-state index in [1.165, 1.54) is 6.92 Å². The van der Waals surface area contributed by atoms with Crippen LogP contribution in [0.15, 0.2) is 61.2 Å². The standard InChI is InChI=1S/C19H19N5O2/c1-14(25)21-11-16-12-24(13-23-16)18-8-3-2-7-17(18)19(26)22-10-15-6-4-5-9-20-15/h2-9,12-13H,10-11H2,1H3,(H,21,25)(H,22,26). The highest BCUT2D eigenvalue weighted by Crippen LogP contribution is 2.15. The molecule has 0 aliphatic rings. The quantitative estimate of drug-likeness (QED) is 0.711. The second-order valence-corrected chi connectivity index (χ2v) is 5.70. The normalized spacial score (nSPS) is 10.3. The van der Waals surface area contributed by atoms with Crippen molar-refractivity contribution in [3.05, 3.63) is 78.1 Å². The summed E-state index contributed by atoms with van der Waals surface area (Å²) in [6.45, 7) is 2.15. The number of rotatable bonds is 6. The van der Waals surface area contributed by atoms with Gasteiger partial charge in [-0.05, 0) is 24.3 Å². The van der Waals surface area contributed by atoms with Crippen LogP contribution in [0, 0.1) is 0 Å². The van der Waals surface area contributed by atoms with E-state index in [4.69, 9.17) is 0 Å². The Labute approximate surface area is 151 Å². The fraction of sp³-hybridized carbons (Fsp3) is 0.158. The summed E-state index contributed by atoms with van der Waals surface area (Å²) in [5.41, 5.74) is 2.75. The molecule has 0 saturated carbocycles. The summed E-state index contributed by atoms with van der Waals surface area (Å²) in [6.07, 6.45) is 5.11. The molecule has 3 rings (SSSR count). The average Bonchev–Trinajstić information content (AvgIpc) is 3.14. The predicted octanol–water partition coefficient (Wildman–Crippen LogP) is 1.83. The van der Waals surface area contributed by atoms with Crippen LogP contribution in [0.5, 0.6) is 0 Å².